The van der Waals surface area contributed by atoms with Crippen molar-refractivity contribution >= 4 is 23.2 Å². The van der Waals surface area contributed by atoms with Crippen LogP contribution in [0.4, 0.5) is 10.1 Å². The fourth-order valence-corrected chi connectivity index (χ4v) is 1.86. The minimum atomic E-state index is -0.431. The first-order chi connectivity index (χ1) is 9.60. The molecule has 0 fully saturated rings. The van der Waals surface area contributed by atoms with E-state index in [1.54, 1.807) is 24.3 Å². The molecule has 0 spiro atoms. The van der Waals surface area contributed by atoms with Crippen molar-refractivity contribution in [3.63, 3.8) is 0 Å². The highest BCUT2D eigenvalue weighted by Crippen LogP contribution is 2.23. The molecule has 0 heterocycles. The van der Waals surface area contributed by atoms with E-state index < -0.39 is 11.7 Å². The van der Waals surface area contributed by atoms with Gasteiger partial charge in [-0.3, -0.25) is 4.79 Å². The number of nitrogens with one attached hydrogen (secondary N) is 1. The molecule has 0 saturated carbocycles. The number of hydrogen-bond acceptors (Lipinski definition) is 2. The molecule has 20 heavy (non-hydrogen) atoms. The highest BCUT2D eigenvalue weighted by molar-refractivity contribution is 6.33. The molecule has 2 aromatic carbocycles. The van der Waals surface area contributed by atoms with Crippen LogP contribution in [0.25, 0.3) is 0 Å². The van der Waals surface area contributed by atoms with E-state index >= 15 is 0 Å². The summed E-state index contributed by atoms with van der Waals surface area (Å²) in [5.74, 6) is -0.827. The smallest absolute Gasteiger partial charge is 0.228 e. The monoisotopic (exact) mass is 288 g/mol. The number of rotatable bonds is 3. The molecule has 0 atom stereocenters. The number of nitriles is 1. The van der Waals surface area contributed by atoms with Crippen molar-refractivity contribution in [3.8, 4) is 6.07 Å². The van der Waals surface area contributed by atoms with E-state index in [1.807, 2.05) is 6.07 Å². The molecular formula is C15H10ClFN2O. The van der Waals surface area contributed by atoms with Crippen LogP contribution in [0.5, 0.6) is 0 Å². The normalized spacial score (nSPS) is 9.85. The first-order valence-electron chi connectivity index (χ1n) is 5.83. The number of halogens is 2. The van der Waals surface area contributed by atoms with Crippen molar-refractivity contribution in [3.05, 3.63) is 64.4 Å². The molecule has 0 unspecified atom stereocenters. The molecule has 1 amide bonds. The molecule has 100 valence electrons. The largest absolute Gasteiger partial charge is 0.324 e. The first kappa shape index (κ1) is 14.0. The Morgan fingerprint density at radius 2 is 2.05 bits per heavy atom. The topological polar surface area (TPSA) is 52.9 Å². The van der Waals surface area contributed by atoms with Crippen LogP contribution < -0.4 is 5.32 Å². The molecule has 5 heteroatoms. The number of hydrogen-bond donors (Lipinski definition) is 1. The lowest BCUT2D eigenvalue weighted by atomic mass is 10.1. The second kappa shape index (κ2) is 6.18. The highest BCUT2D eigenvalue weighted by Gasteiger charge is 2.10. The van der Waals surface area contributed by atoms with E-state index in [0.717, 1.165) is 0 Å². The first-order valence-corrected chi connectivity index (χ1v) is 6.21. The van der Waals surface area contributed by atoms with E-state index in [2.05, 4.69) is 5.32 Å². The fraction of sp³-hybridized carbons (Fsp3) is 0.0667. The van der Waals surface area contributed by atoms with Gasteiger partial charge in [0.2, 0.25) is 5.91 Å². The number of amides is 1. The third kappa shape index (κ3) is 3.34. The van der Waals surface area contributed by atoms with E-state index in [4.69, 9.17) is 16.9 Å². The Balaban J connectivity index is 2.13. The van der Waals surface area contributed by atoms with Crippen molar-refractivity contribution in [1.82, 2.24) is 0 Å². The maximum atomic E-state index is 13.4. The zero-order valence-electron chi connectivity index (χ0n) is 10.4. The van der Waals surface area contributed by atoms with Gasteiger partial charge in [-0.25, -0.2) is 4.39 Å². The van der Waals surface area contributed by atoms with Crippen LogP contribution >= 0.6 is 11.6 Å². The minimum Gasteiger partial charge on any atom is -0.324 e. The molecule has 0 aliphatic heterocycles. The Morgan fingerprint density at radius 3 is 2.75 bits per heavy atom. The van der Waals surface area contributed by atoms with E-state index in [-0.39, 0.29) is 6.42 Å². The standard InChI is InChI=1S/C15H10ClFN2O/c16-12-6-5-10(9-18)7-14(12)19-15(20)8-11-3-1-2-4-13(11)17/h1-7H,8H2,(H,19,20). The van der Waals surface area contributed by atoms with Crippen molar-refractivity contribution in [2.75, 3.05) is 5.32 Å². The summed E-state index contributed by atoms with van der Waals surface area (Å²) in [6.45, 7) is 0. The second-order valence-electron chi connectivity index (χ2n) is 4.12. The lowest BCUT2D eigenvalue weighted by Crippen LogP contribution is -2.15. The zero-order chi connectivity index (χ0) is 14.5. The summed E-state index contributed by atoms with van der Waals surface area (Å²) < 4.78 is 13.4. The third-order valence-electron chi connectivity index (χ3n) is 2.68. The summed E-state index contributed by atoms with van der Waals surface area (Å²) in [5, 5.41) is 11.7. The van der Waals surface area contributed by atoms with Gasteiger partial charge >= 0.3 is 0 Å². The average Bonchev–Trinajstić information content (AvgIpc) is 2.44. The lowest BCUT2D eigenvalue weighted by molar-refractivity contribution is -0.115. The fourth-order valence-electron chi connectivity index (χ4n) is 1.70. The summed E-state index contributed by atoms with van der Waals surface area (Å²) in [4.78, 5) is 11.9. The third-order valence-corrected chi connectivity index (χ3v) is 3.01. The summed E-state index contributed by atoms with van der Waals surface area (Å²) in [6, 6.07) is 12.6. The summed E-state index contributed by atoms with van der Waals surface area (Å²) in [6.07, 6.45) is -0.0974. The number of benzene rings is 2. The predicted octanol–water partition coefficient (Wildman–Crippen LogP) is 3.53. The molecule has 2 aromatic rings. The van der Waals surface area contributed by atoms with Crippen molar-refractivity contribution in [1.29, 1.82) is 5.26 Å². The molecule has 0 radical (unpaired) electrons. The van der Waals surface area contributed by atoms with Gasteiger partial charge in [-0.1, -0.05) is 29.8 Å². The van der Waals surface area contributed by atoms with Gasteiger partial charge in [-0.15, -0.1) is 0 Å². The van der Waals surface area contributed by atoms with Gasteiger partial charge in [0.1, 0.15) is 5.82 Å². The van der Waals surface area contributed by atoms with Gasteiger partial charge in [0.05, 0.1) is 28.8 Å². The molecule has 3 nitrogen and oxygen atoms in total. The maximum Gasteiger partial charge on any atom is 0.228 e. The summed E-state index contributed by atoms with van der Waals surface area (Å²) in [7, 11) is 0. The van der Waals surface area contributed by atoms with Crippen LogP contribution in [-0.4, -0.2) is 5.91 Å². The van der Waals surface area contributed by atoms with Gasteiger partial charge in [-0.2, -0.15) is 5.26 Å². The molecule has 0 aromatic heterocycles. The number of carbonyl (C=O) groups is 1. The molecule has 0 aliphatic rings. The predicted molar refractivity (Wildman–Crippen MR) is 74.9 cm³/mol. The summed E-state index contributed by atoms with van der Waals surface area (Å²) >= 11 is 5.93. The van der Waals surface area contributed by atoms with Crippen LogP contribution in [0.2, 0.25) is 5.02 Å². The van der Waals surface area contributed by atoms with Crippen LogP contribution in [-0.2, 0) is 11.2 Å². The quantitative estimate of drug-likeness (QED) is 0.939. The number of carbonyl (C=O) groups excluding carboxylic acids is 1. The van der Waals surface area contributed by atoms with Crippen LogP contribution in [0.15, 0.2) is 42.5 Å². The molecule has 0 bridgehead atoms. The molecule has 1 N–H and O–H groups in total. The number of nitrogens with zero attached hydrogens (tertiary/aromatic N) is 1. The molecule has 0 saturated heterocycles. The van der Waals surface area contributed by atoms with Gasteiger partial charge in [0.25, 0.3) is 0 Å². The van der Waals surface area contributed by atoms with Crippen LogP contribution in [0.1, 0.15) is 11.1 Å². The molecule has 2 rings (SSSR count). The average molecular weight is 289 g/mol. The second-order valence-corrected chi connectivity index (χ2v) is 4.53. The van der Waals surface area contributed by atoms with Crippen molar-refractivity contribution in [2.24, 2.45) is 0 Å². The van der Waals surface area contributed by atoms with Crippen molar-refractivity contribution in [2.45, 2.75) is 6.42 Å². The Labute approximate surface area is 120 Å². The van der Waals surface area contributed by atoms with Crippen LogP contribution in [0, 0.1) is 17.1 Å². The number of anilines is 1. The van der Waals surface area contributed by atoms with Crippen molar-refractivity contribution < 1.29 is 9.18 Å². The Morgan fingerprint density at radius 1 is 1.30 bits per heavy atom. The van der Waals surface area contributed by atoms with Gasteiger partial charge in [0, 0.05) is 0 Å². The maximum absolute atomic E-state index is 13.4. The Bertz CT molecular complexity index is 695. The van der Waals surface area contributed by atoms with Gasteiger partial charge < -0.3 is 5.32 Å². The lowest BCUT2D eigenvalue weighted by Gasteiger charge is -2.08. The van der Waals surface area contributed by atoms with Crippen LogP contribution in [0.3, 0.4) is 0 Å². The minimum absolute atomic E-state index is 0.0974. The van der Waals surface area contributed by atoms with Gasteiger partial charge in [0.15, 0.2) is 0 Å². The molecular weight excluding hydrogens is 279 g/mol. The highest BCUT2D eigenvalue weighted by atomic mass is 35.5. The summed E-state index contributed by atoms with van der Waals surface area (Å²) in [5.41, 5.74) is 1.03. The Kier molecular flexibility index (Phi) is 4.34. The van der Waals surface area contributed by atoms with E-state index in [9.17, 15) is 9.18 Å². The van der Waals surface area contributed by atoms with E-state index in [1.165, 1.54) is 18.2 Å². The molecule has 0 aliphatic carbocycles. The zero-order valence-corrected chi connectivity index (χ0v) is 11.1. The Hall–Kier alpha value is -2.38. The van der Waals surface area contributed by atoms with Gasteiger partial charge in [-0.05, 0) is 29.8 Å². The van der Waals surface area contributed by atoms with E-state index in [0.29, 0.717) is 21.8 Å². The SMILES string of the molecule is N#Cc1ccc(Cl)c(NC(=O)Cc2ccccc2F)c1.